The maximum absolute atomic E-state index is 13.9. The van der Waals surface area contributed by atoms with Crippen LogP contribution >= 0.6 is 0 Å². The van der Waals surface area contributed by atoms with Gasteiger partial charge in [-0.1, -0.05) is 17.6 Å². The fourth-order valence-electron chi connectivity index (χ4n) is 4.17. The molecule has 0 spiro atoms. The van der Waals surface area contributed by atoms with Crippen molar-refractivity contribution in [2.45, 2.75) is 33.5 Å². The average molecular weight is 537 g/mol. The average Bonchev–Trinajstić information content (AvgIpc) is 3.31. The second-order valence-electron chi connectivity index (χ2n) is 9.83. The summed E-state index contributed by atoms with van der Waals surface area (Å²) in [5.74, 6) is 5.58. The lowest BCUT2D eigenvalue weighted by Gasteiger charge is -2.33. The number of halogens is 3. The first-order valence-corrected chi connectivity index (χ1v) is 12.6. The van der Waals surface area contributed by atoms with Gasteiger partial charge in [-0.15, -0.1) is 0 Å². The number of carbonyl (C=O) groups excluding carboxylic acids is 1. The van der Waals surface area contributed by atoms with Gasteiger partial charge >= 0.3 is 6.18 Å². The highest BCUT2D eigenvalue weighted by Crippen LogP contribution is 2.34. The Morgan fingerprint density at radius 2 is 1.87 bits per heavy atom. The number of rotatable bonds is 5. The summed E-state index contributed by atoms with van der Waals surface area (Å²) in [5.41, 5.74) is 2.61. The van der Waals surface area contributed by atoms with Crippen molar-refractivity contribution in [2.75, 3.05) is 38.5 Å². The Kier molecular flexibility index (Phi) is 8.53. The highest BCUT2D eigenvalue weighted by molar-refractivity contribution is 6.03. The van der Waals surface area contributed by atoms with E-state index in [0.29, 0.717) is 35.6 Å². The van der Waals surface area contributed by atoms with Gasteiger partial charge in [0.1, 0.15) is 5.69 Å². The van der Waals surface area contributed by atoms with Crippen LogP contribution in [0.25, 0.3) is 5.65 Å². The fraction of sp³-hybridized carbons (Fsp3) is 0.345. The Balaban J connectivity index is 1.51. The molecule has 10 heteroatoms. The van der Waals surface area contributed by atoms with Crippen molar-refractivity contribution in [3.63, 3.8) is 0 Å². The highest BCUT2D eigenvalue weighted by Gasteiger charge is 2.34. The van der Waals surface area contributed by atoms with Crippen molar-refractivity contribution in [1.82, 2.24) is 24.4 Å². The molecule has 4 rings (SSSR count). The zero-order valence-electron chi connectivity index (χ0n) is 22.4. The Morgan fingerprint density at radius 3 is 2.56 bits per heavy atom. The molecule has 3 heterocycles. The second-order valence-corrected chi connectivity index (χ2v) is 9.83. The minimum Gasteiger partial charge on any atom is -0.322 e. The van der Waals surface area contributed by atoms with Gasteiger partial charge < -0.3 is 10.2 Å². The lowest BCUT2D eigenvalue weighted by atomic mass is 10.0. The molecule has 0 aliphatic carbocycles. The molecule has 1 N–H and O–H groups in total. The summed E-state index contributed by atoms with van der Waals surface area (Å²) in [6, 6.07) is 7.58. The van der Waals surface area contributed by atoms with Crippen LogP contribution in [0, 0.1) is 11.8 Å². The molecule has 0 bridgehead atoms. The van der Waals surface area contributed by atoms with E-state index in [9.17, 15) is 18.0 Å². The Bertz CT molecular complexity index is 1480. The van der Waals surface area contributed by atoms with E-state index in [4.69, 9.17) is 0 Å². The Hall–Kier alpha value is -3.94. The van der Waals surface area contributed by atoms with Crippen molar-refractivity contribution in [2.24, 2.45) is 0 Å². The van der Waals surface area contributed by atoms with Gasteiger partial charge in [0.2, 0.25) is 0 Å². The maximum atomic E-state index is 13.9. The van der Waals surface area contributed by atoms with Crippen LogP contribution in [-0.2, 0) is 17.5 Å². The first-order chi connectivity index (χ1) is 18.5. The number of alkyl halides is 3. The summed E-state index contributed by atoms with van der Waals surface area (Å²) in [4.78, 5) is 21.3. The molecule has 1 aromatic carbocycles. The van der Waals surface area contributed by atoms with Gasteiger partial charge in [-0.3, -0.25) is 9.69 Å². The first-order valence-electron chi connectivity index (χ1n) is 12.6. The summed E-state index contributed by atoms with van der Waals surface area (Å²) >= 11 is 0. The van der Waals surface area contributed by atoms with E-state index >= 15 is 0 Å². The Morgan fingerprint density at radius 1 is 1.13 bits per heavy atom. The number of fused-ring (bicyclic) bond motifs is 1. The van der Waals surface area contributed by atoms with Crippen molar-refractivity contribution in [3.05, 3.63) is 82.3 Å². The van der Waals surface area contributed by atoms with Crippen LogP contribution in [-0.4, -0.2) is 63.5 Å². The topological polar surface area (TPSA) is 65.8 Å². The molecular formula is C29H31F3N6O. The van der Waals surface area contributed by atoms with Crippen LogP contribution in [0.5, 0.6) is 0 Å². The SMILES string of the molecule is CC(C)=C(C#Cc1cnc2cccnn12)/C=C(\C)C(=O)Nc1ccc(CN2CCN(C)CC2)c(C(F)(F)F)c1. The third kappa shape index (κ3) is 7.13. The van der Waals surface area contributed by atoms with E-state index in [1.807, 2.05) is 31.9 Å². The van der Waals surface area contributed by atoms with Gasteiger partial charge in [0.05, 0.1) is 11.8 Å². The molecule has 1 amide bonds. The molecule has 2 aromatic heterocycles. The normalized spacial score (nSPS) is 15.1. The predicted molar refractivity (Wildman–Crippen MR) is 145 cm³/mol. The number of carbonyl (C=O) groups is 1. The maximum Gasteiger partial charge on any atom is 0.416 e. The third-order valence-corrected chi connectivity index (χ3v) is 6.52. The van der Waals surface area contributed by atoms with Gasteiger partial charge in [-0.2, -0.15) is 18.3 Å². The number of imidazole rings is 1. The van der Waals surface area contributed by atoms with E-state index in [1.54, 1.807) is 36.0 Å². The molecule has 1 aliphatic heterocycles. The number of piperazine rings is 1. The Labute approximate surface area is 226 Å². The van der Waals surface area contributed by atoms with E-state index in [-0.39, 0.29) is 17.8 Å². The number of benzene rings is 1. The number of allylic oxidation sites excluding steroid dienone is 3. The number of hydrogen-bond acceptors (Lipinski definition) is 5. The number of anilines is 1. The summed E-state index contributed by atoms with van der Waals surface area (Å²) in [5, 5.41) is 6.84. The first kappa shape index (κ1) is 28.1. The van der Waals surface area contributed by atoms with Crippen molar-refractivity contribution < 1.29 is 18.0 Å². The standard InChI is InChI=1S/C29H31F3N6O/c1-20(2)22(8-10-25-18-33-27-6-5-11-34-38(25)27)16-21(3)28(39)35-24-9-7-23(26(17-24)29(30,31)32)19-37-14-12-36(4)13-15-37/h5-7,9,11,16-18H,12-15,19H2,1-4H3,(H,35,39)/b21-16+. The molecule has 0 saturated carbocycles. The second kappa shape index (κ2) is 11.8. The lowest BCUT2D eigenvalue weighted by Crippen LogP contribution is -2.44. The van der Waals surface area contributed by atoms with Gasteiger partial charge in [0.25, 0.3) is 5.91 Å². The number of aromatic nitrogens is 3. The smallest absolute Gasteiger partial charge is 0.322 e. The van der Waals surface area contributed by atoms with Crippen molar-refractivity contribution in [1.29, 1.82) is 0 Å². The summed E-state index contributed by atoms with van der Waals surface area (Å²) in [6.07, 6.45) is 0.345. The number of nitrogens with zero attached hydrogens (tertiary/aromatic N) is 5. The number of likely N-dealkylation sites (N-methyl/N-ethyl adjacent to an activating group) is 1. The van der Waals surface area contributed by atoms with Crippen LogP contribution in [0.1, 0.15) is 37.6 Å². The minimum absolute atomic E-state index is 0.0869. The monoisotopic (exact) mass is 536 g/mol. The van der Waals surface area contributed by atoms with Crippen LogP contribution < -0.4 is 5.32 Å². The van der Waals surface area contributed by atoms with Gasteiger partial charge in [0, 0.05) is 55.8 Å². The van der Waals surface area contributed by atoms with Crippen LogP contribution in [0.15, 0.2) is 65.5 Å². The largest absolute Gasteiger partial charge is 0.416 e. The molecule has 3 aromatic rings. The molecule has 0 atom stereocenters. The van der Waals surface area contributed by atoms with E-state index in [1.165, 1.54) is 12.1 Å². The molecule has 1 saturated heterocycles. The summed E-state index contributed by atoms with van der Waals surface area (Å²) in [7, 11) is 2.00. The number of amides is 1. The molecule has 204 valence electrons. The van der Waals surface area contributed by atoms with E-state index in [0.717, 1.165) is 24.7 Å². The van der Waals surface area contributed by atoms with Gasteiger partial charge in [-0.05, 0) is 69.6 Å². The quantitative estimate of drug-likeness (QED) is 0.289. The zero-order valence-corrected chi connectivity index (χ0v) is 22.4. The fourth-order valence-corrected chi connectivity index (χ4v) is 4.17. The third-order valence-electron chi connectivity index (χ3n) is 6.52. The number of nitrogens with one attached hydrogen (secondary N) is 1. The number of hydrogen-bond donors (Lipinski definition) is 1. The molecule has 39 heavy (non-hydrogen) atoms. The molecule has 1 fully saturated rings. The van der Waals surface area contributed by atoms with Crippen molar-refractivity contribution >= 4 is 17.2 Å². The van der Waals surface area contributed by atoms with Crippen LogP contribution in [0.4, 0.5) is 18.9 Å². The van der Waals surface area contributed by atoms with Gasteiger partial charge in [0.15, 0.2) is 5.65 Å². The van der Waals surface area contributed by atoms with E-state index < -0.39 is 17.6 Å². The van der Waals surface area contributed by atoms with Crippen molar-refractivity contribution in [3.8, 4) is 11.8 Å². The van der Waals surface area contributed by atoms with Gasteiger partial charge in [-0.25, -0.2) is 9.50 Å². The molecular weight excluding hydrogens is 505 g/mol. The van der Waals surface area contributed by atoms with Crippen LogP contribution in [0.2, 0.25) is 0 Å². The van der Waals surface area contributed by atoms with Crippen LogP contribution in [0.3, 0.4) is 0 Å². The van der Waals surface area contributed by atoms with E-state index in [2.05, 4.69) is 32.1 Å². The summed E-state index contributed by atoms with van der Waals surface area (Å²) in [6.45, 7) is 8.59. The predicted octanol–water partition coefficient (Wildman–Crippen LogP) is 4.77. The molecule has 1 aliphatic rings. The zero-order chi connectivity index (χ0) is 28.2. The molecule has 7 nitrogen and oxygen atoms in total. The molecule has 0 radical (unpaired) electrons. The highest BCUT2D eigenvalue weighted by atomic mass is 19.4. The lowest BCUT2D eigenvalue weighted by molar-refractivity contribution is -0.138. The minimum atomic E-state index is -4.54. The summed E-state index contributed by atoms with van der Waals surface area (Å²) < 4.78 is 43.4. The molecule has 0 unspecified atom stereocenters.